The van der Waals surface area contributed by atoms with Crippen molar-refractivity contribution in [1.29, 1.82) is 0 Å². The topological polar surface area (TPSA) is 56.2 Å². The van der Waals surface area contributed by atoms with Crippen molar-refractivity contribution in [3.63, 3.8) is 0 Å². The SMILES string of the molecule is CSc1ccn(CCNC(=O)OC(C)(C)C)n1. The Balaban J connectivity index is 2.26. The minimum Gasteiger partial charge on any atom is -0.444 e. The van der Waals surface area contributed by atoms with Crippen molar-refractivity contribution in [1.82, 2.24) is 15.1 Å². The zero-order valence-electron chi connectivity index (χ0n) is 10.7. The maximum atomic E-state index is 11.3. The van der Waals surface area contributed by atoms with Crippen molar-refractivity contribution in [3.05, 3.63) is 12.3 Å². The first-order chi connectivity index (χ1) is 7.90. The number of hydrogen-bond donors (Lipinski definition) is 1. The molecule has 1 N–H and O–H groups in total. The smallest absolute Gasteiger partial charge is 0.407 e. The van der Waals surface area contributed by atoms with Gasteiger partial charge in [-0.15, -0.1) is 11.8 Å². The van der Waals surface area contributed by atoms with Crippen LogP contribution in [0.5, 0.6) is 0 Å². The van der Waals surface area contributed by atoms with Crippen LogP contribution >= 0.6 is 11.8 Å². The summed E-state index contributed by atoms with van der Waals surface area (Å²) in [6, 6.07) is 1.94. The van der Waals surface area contributed by atoms with Gasteiger partial charge < -0.3 is 10.1 Å². The van der Waals surface area contributed by atoms with E-state index in [-0.39, 0.29) is 0 Å². The maximum absolute atomic E-state index is 11.3. The van der Waals surface area contributed by atoms with Gasteiger partial charge in [-0.25, -0.2) is 4.79 Å². The summed E-state index contributed by atoms with van der Waals surface area (Å²) in [4.78, 5) is 11.3. The van der Waals surface area contributed by atoms with Crippen LogP contribution in [0.2, 0.25) is 0 Å². The van der Waals surface area contributed by atoms with E-state index in [1.807, 2.05) is 39.3 Å². The van der Waals surface area contributed by atoms with Crippen molar-refractivity contribution in [3.8, 4) is 0 Å². The summed E-state index contributed by atoms with van der Waals surface area (Å²) < 4.78 is 6.91. The number of rotatable bonds is 4. The second kappa shape index (κ2) is 5.95. The zero-order valence-corrected chi connectivity index (χ0v) is 11.5. The number of nitrogens with zero attached hydrogens (tertiary/aromatic N) is 2. The quantitative estimate of drug-likeness (QED) is 0.840. The molecule has 96 valence electrons. The Labute approximate surface area is 106 Å². The summed E-state index contributed by atoms with van der Waals surface area (Å²) in [5, 5.41) is 7.95. The first-order valence-electron chi connectivity index (χ1n) is 5.45. The average molecular weight is 257 g/mol. The molecule has 5 nitrogen and oxygen atoms in total. The van der Waals surface area contributed by atoms with Crippen molar-refractivity contribution in [2.75, 3.05) is 12.8 Å². The van der Waals surface area contributed by atoms with Crippen LogP contribution in [0.25, 0.3) is 0 Å². The van der Waals surface area contributed by atoms with E-state index in [2.05, 4.69) is 10.4 Å². The molecule has 1 heterocycles. The molecular formula is C11H19N3O2S. The number of alkyl carbamates (subject to hydrolysis) is 1. The lowest BCUT2D eigenvalue weighted by molar-refractivity contribution is 0.0525. The van der Waals surface area contributed by atoms with Crippen LogP contribution in [-0.4, -0.2) is 34.3 Å². The lowest BCUT2D eigenvalue weighted by Crippen LogP contribution is -2.34. The van der Waals surface area contributed by atoms with Gasteiger partial charge in [0.25, 0.3) is 0 Å². The molecule has 0 saturated heterocycles. The number of carbonyl (C=O) groups is 1. The molecule has 0 fully saturated rings. The Kier molecular flexibility index (Phi) is 4.86. The first-order valence-corrected chi connectivity index (χ1v) is 6.67. The molecule has 0 saturated carbocycles. The molecule has 17 heavy (non-hydrogen) atoms. The van der Waals surface area contributed by atoms with Gasteiger partial charge in [-0.2, -0.15) is 5.10 Å². The van der Waals surface area contributed by atoms with Gasteiger partial charge in [0.15, 0.2) is 0 Å². The largest absolute Gasteiger partial charge is 0.444 e. The van der Waals surface area contributed by atoms with E-state index in [1.54, 1.807) is 16.4 Å². The molecule has 0 aliphatic carbocycles. The molecule has 1 aromatic rings. The Bertz CT molecular complexity index is 371. The third kappa shape index (κ3) is 5.63. The van der Waals surface area contributed by atoms with E-state index >= 15 is 0 Å². The first kappa shape index (κ1) is 13.9. The minimum atomic E-state index is -0.457. The molecule has 0 unspecified atom stereocenters. The number of amides is 1. The lowest BCUT2D eigenvalue weighted by atomic mass is 10.2. The van der Waals surface area contributed by atoms with E-state index < -0.39 is 11.7 Å². The van der Waals surface area contributed by atoms with Crippen LogP contribution < -0.4 is 5.32 Å². The number of hydrogen-bond acceptors (Lipinski definition) is 4. The summed E-state index contributed by atoms with van der Waals surface area (Å²) in [7, 11) is 0. The van der Waals surface area contributed by atoms with Gasteiger partial charge in [0.1, 0.15) is 10.6 Å². The number of nitrogens with one attached hydrogen (secondary N) is 1. The minimum absolute atomic E-state index is 0.394. The third-order valence-corrected chi connectivity index (χ3v) is 2.47. The fourth-order valence-corrected chi connectivity index (χ4v) is 1.55. The average Bonchev–Trinajstić information content (AvgIpc) is 2.63. The van der Waals surface area contributed by atoms with Crippen LogP contribution in [0.3, 0.4) is 0 Å². The van der Waals surface area contributed by atoms with Crippen LogP contribution in [0.4, 0.5) is 4.79 Å². The second-order valence-corrected chi connectivity index (χ2v) is 5.38. The lowest BCUT2D eigenvalue weighted by Gasteiger charge is -2.19. The highest BCUT2D eigenvalue weighted by molar-refractivity contribution is 7.98. The summed E-state index contributed by atoms with van der Waals surface area (Å²) in [6.07, 6.45) is 3.48. The van der Waals surface area contributed by atoms with Crippen molar-refractivity contribution in [2.24, 2.45) is 0 Å². The summed E-state index contributed by atoms with van der Waals surface area (Å²) in [5.41, 5.74) is -0.457. The van der Waals surface area contributed by atoms with Gasteiger partial charge in [-0.1, -0.05) is 0 Å². The normalized spacial score (nSPS) is 11.3. The van der Waals surface area contributed by atoms with Crippen molar-refractivity contribution >= 4 is 17.9 Å². The second-order valence-electron chi connectivity index (χ2n) is 4.55. The number of thioether (sulfide) groups is 1. The number of aromatic nitrogens is 2. The summed E-state index contributed by atoms with van der Waals surface area (Å²) >= 11 is 1.59. The van der Waals surface area contributed by atoms with Gasteiger partial charge in [0.2, 0.25) is 0 Å². The van der Waals surface area contributed by atoms with E-state index in [0.717, 1.165) is 5.03 Å². The highest BCUT2D eigenvalue weighted by Gasteiger charge is 2.15. The third-order valence-electron chi connectivity index (χ3n) is 1.83. The molecule has 6 heteroatoms. The van der Waals surface area contributed by atoms with E-state index in [9.17, 15) is 4.79 Å². The van der Waals surface area contributed by atoms with Crippen LogP contribution in [0.1, 0.15) is 20.8 Å². The van der Waals surface area contributed by atoms with E-state index in [0.29, 0.717) is 13.1 Å². The van der Waals surface area contributed by atoms with Gasteiger partial charge >= 0.3 is 6.09 Å². The Hall–Kier alpha value is -1.17. The zero-order chi connectivity index (χ0) is 12.9. The molecule has 0 spiro atoms. The molecule has 1 rings (SSSR count). The standard InChI is InChI=1S/C11H19N3O2S/c1-11(2,3)16-10(15)12-6-8-14-7-5-9(13-14)17-4/h5,7H,6,8H2,1-4H3,(H,12,15). The molecule has 1 aromatic heterocycles. The maximum Gasteiger partial charge on any atom is 0.407 e. The Morgan fingerprint density at radius 2 is 2.29 bits per heavy atom. The van der Waals surface area contributed by atoms with Gasteiger partial charge in [0.05, 0.1) is 6.54 Å². The predicted molar refractivity (Wildman–Crippen MR) is 68.2 cm³/mol. The fraction of sp³-hybridized carbons (Fsp3) is 0.636. The van der Waals surface area contributed by atoms with Gasteiger partial charge in [-0.05, 0) is 33.1 Å². The highest BCUT2D eigenvalue weighted by atomic mass is 32.2. The fourth-order valence-electron chi connectivity index (χ4n) is 1.16. The molecule has 0 aliphatic rings. The molecule has 0 radical (unpaired) electrons. The van der Waals surface area contributed by atoms with Crippen LogP contribution in [-0.2, 0) is 11.3 Å². The molecule has 0 atom stereocenters. The molecule has 1 amide bonds. The van der Waals surface area contributed by atoms with Crippen molar-refractivity contribution < 1.29 is 9.53 Å². The Morgan fingerprint density at radius 1 is 1.59 bits per heavy atom. The van der Waals surface area contributed by atoms with E-state index in [1.165, 1.54) is 0 Å². The van der Waals surface area contributed by atoms with Crippen LogP contribution in [0, 0.1) is 0 Å². The van der Waals surface area contributed by atoms with E-state index in [4.69, 9.17) is 4.74 Å². The number of carbonyl (C=O) groups excluding carboxylic acids is 1. The monoisotopic (exact) mass is 257 g/mol. The predicted octanol–water partition coefficient (Wildman–Crippen LogP) is 2.13. The molecular weight excluding hydrogens is 238 g/mol. The Morgan fingerprint density at radius 3 is 2.82 bits per heavy atom. The molecule has 0 aromatic carbocycles. The summed E-state index contributed by atoms with van der Waals surface area (Å²) in [5.74, 6) is 0. The van der Waals surface area contributed by atoms with Crippen LogP contribution in [0.15, 0.2) is 17.3 Å². The molecule has 0 bridgehead atoms. The van der Waals surface area contributed by atoms with Crippen molar-refractivity contribution in [2.45, 2.75) is 37.9 Å². The summed E-state index contributed by atoms with van der Waals surface area (Å²) in [6.45, 7) is 6.66. The highest BCUT2D eigenvalue weighted by Crippen LogP contribution is 2.09. The number of ether oxygens (including phenoxy) is 1. The van der Waals surface area contributed by atoms with Gasteiger partial charge in [0, 0.05) is 12.7 Å². The van der Waals surface area contributed by atoms with Gasteiger partial charge in [-0.3, -0.25) is 4.68 Å². The molecule has 0 aliphatic heterocycles.